The standard InChI is InChI=1S/C11H14N2O/c12-9-1-3-10(4-2-9)13-5-11(6-13)7-14-8-11/h1-4H,5-8,12H2. The third kappa shape index (κ3) is 1.09. The van der Waals surface area contributed by atoms with E-state index in [0.717, 1.165) is 32.0 Å². The zero-order valence-corrected chi connectivity index (χ0v) is 8.07. The molecule has 0 atom stereocenters. The van der Waals surface area contributed by atoms with E-state index in [1.54, 1.807) is 0 Å². The largest absolute Gasteiger partial charge is 0.399 e. The third-order valence-corrected chi connectivity index (χ3v) is 3.13. The van der Waals surface area contributed by atoms with Gasteiger partial charge in [0, 0.05) is 24.5 Å². The van der Waals surface area contributed by atoms with E-state index in [9.17, 15) is 0 Å². The number of nitrogens with two attached hydrogens (primary N) is 1. The van der Waals surface area contributed by atoms with Gasteiger partial charge in [-0.3, -0.25) is 0 Å². The molecule has 3 nitrogen and oxygen atoms in total. The molecule has 1 aromatic rings. The molecule has 2 N–H and O–H groups in total. The molecule has 0 radical (unpaired) electrons. The summed E-state index contributed by atoms with van der Waals surface area (Å²) in [5.74, 6) is 0. The summed E-state index contributed by atoms with van der Waals surface area (Å²) in [5, 5.41) is 0. The highest BCUT2D eigenvalue weighted by molar-refractivity contribution is 5.55. The molecule has 2 fully saturated rings. The zero-order chi connectivity index (χ0) is 9.60. The molecule has 0 amide bonds. The van der Waals surface area contributed by atoms with Crippen LogP contribution in [0.1, 0.15) is 0 Å². The fraction of sp³-hybridized carbons (Fsp3) is 0.455. The minimum Gasteiger partial charge on any atom is -0.399 e. The Morgan fingerprint density at radius 3 is 2.29 bits per heavy atom. The summed E-state index contributed by atoms with van der Waals surface area (Å²) in [5.41, 5.74) is 8.23. The topological polar surface area (TPSA) is 38.5 Å². The van der Waals surface area contributed by atoms with Gasteiger partial charge in [-0.15, -0.1) is 0 Å². The molecule has 74 valence electrons. The highest BCUT2D eigenvalue weighted by atomic mass is 16.5. The number of nitrogen functional groups attached to an aromatic ring is 1. The van der Waals surface area contributed by atoms with Crippen LogP contribution in [0.5, 0.6) is 0 Å². The molecule has 2 heterocycles. The molecule has 0 bridgehead atoms. The number of nitrogens with zero attached hydrogens (tertiary/aromatic N) is 1. The molecule has 0 unspecified atom stereocenters. The van der Waals surface area contributed by atoms with Crippen molar-refractivity contribution >= 4 is 11.4 Å². The van der Waals surface area contributed by atoms with E-state index in [1.165, 1.54) is 5.69 Å². The Bertz CT molecular complexity index is 335. The van der Waals surface area contributed by atoms with Gasteiger partial charge in [0.1, 0.15) is 0 Å². The van der Waals surface area contributed by atoms with Crippen LogP contribution in [-0.2, 0) is 4.74 Å². The third-order valence-electron chi connectivity index (χ3n) is 3.13. The van der Waals surface area contributed by atoms with Crippen LogP contribution in [0.25, 0.3) is 0 Å². The highest BCUT2D eigenvalue weighted by Crippen LogP contribution is 2.40. The Labute approximate surface area is 83.5 Å². The maximum atomic E-state index is 5.64. The summed E-state index contributed by atoms with van der Waals surface area (Å²) in [6.45, 7) is 4.16. The first kappa shape index (κ1) is 8.12. The first-order chi connectivity index (χ1) is 6.77. The van der Waals surface area contributed by atoms with Gasteiger partial charge in [0.05, 0.1) is 18.6 Å². The van der Waals surface area contributed by atoms with Crippen molar-refractivity contribution in [2.75, 3.05) is 36.9 Å². The van der Waals surface area contributed by atoms with Crippen molar-refractivity contribution in [3.05, 3.63) is 24.3 Å². The monoisotopic (exact) mass is 190 g/mol. The van der Waals surface area contributed by atoms with Crippen LogP contribution in [0.2, 0.25) is 0 Å². The normalized spacial score (nSPS) is 23.0. The summed E-state index contributed by atoms with van der Waals surface area (Å²) in [6.07, 6.45) is 0. The Balaban J connectivity index is 1.70. The molecule has 0 saturated carbocycles. The average Bonchev–Trinajstić information content (AvgIpc) is 2.03. The van der Waals surface area contributed by atoms with Crippen LogP contribution in [0.15, 0.2) is 24.3 Å². The van der Waals surface area contributed by atoms with Crippen molar-refractivity contribution in [1.82, 2.24) is 0 Å². The SMILES string of the molecule is Nc1ccc(N2CC3(COC3)C2)cc1. The average molecular weight is 190 g/mol. The molecule has 2 aliphatic heterocycles. The van der Waals surface area contributed by atoms with E-state index in [4.69, 9.17) is 10.5 Å². The number of ether oxygens (including phenoxy) is 1. The van der Waals surface area contributed by atoms with Gasteiger partial charge in [0.2, 0.25) is 0 Å². The van der Waals surface area contributed by atoms with Crippen LogP contribution in [-0.4, -0.2) is 26.3 Å². The predicted octanol–water partition coefficient (Wildman–Crippen LogP) is 1.11. The number of hydrogen-bond donors (Lipinski definition) is 1. The molecular weight excluding hydrogens is 176 g/mol. The number of rotatable bonds is 1. The van der Waals surface area contributed by atoms with Crippen LogP contribution >= 0.6 is 0 Å². The number of anilines is 2. The fourth-order valence-corrected chi connectivity index (χ4v) is 2.20. The van der Waals surface area contributed by atoms with Crippen molar-refractivity contribution < 1.29 is 4.74 Å². The van der Waals surface area contributed by atoms with E-state index in [2.05, 4.69) is 17.0 Å². The van der Waals surface area contributed by atoms with Crippen LogP contribution in [0.4, 0.5) is 11.4 Å². The van der Waals surface area contributed by atoms with E-state index < -0.39 is 0 Å². The van der Waals surface area contributed by atoms with E-state index in [0.29, 0.717) is 5.41 Å². The second-order valence-corrected chi connectivity index (χ2v) is 4.44. The van der Waals surface area contributed by atoms with Gasteiger partial charge in [0.15, 0.2) is 0 Å². The maximum absolute atomic E-state index is 5.64. The molecule has 0 aliphatic carbocycles. The lowest BCUT2D eigenvalue weighted by Crippen LogP contribution is -2.66. The van der Waals surface area contributed by atoms with Gasteiger partial charge in [-0.05, 0) is 24.3 Å². The lowest BCUT2D eigenvalue weighted by Gasteiger charge is -2.56. The second-order valence-electron chi connectivity index (χ2n) is 4.44. The predicted molar refractivity (Wildman–Crippen MR) is 56.3 cm³/mol. The van der Waals surface area contributed by atoms with Gasteiger partial charge in [-0.2, -0.15) is 0 Å². The Kier molecular flexibility index (Phi) is 1.53. The quantitative estimate of drug-likeness (QED) is 0.674. The lowest BCUT2D eigenvalue weighted by molar-refractivity contribution is -0.127. The summed E-state index contributed by atoms with van der Waals surface area (Å²) >= 11 is 0. The molecule has 14 heavy (non-hydrogen) atoms. The summed E-state index contributed by atoms with van der Waals surface area (Å²) in [4.78, 5) is 2.38. The van der Waals surface area contributed by atoms with Gasteiger partial charge in [0.25, 0.3) is 0 Å². The molecule has 1 spiro atoms. The molecule has 1 aromatic carbocycles. The van der Waals surface area contributed by atoms with Crippen molar-refractivity contribution in [2.45, 2.75) is 0 Å². The summed E-state index contributed by atoms with van der Waals surface area (Å²) < 4.78 is 5.24. The smallest absolute Gasteiger partial charge is 0.0579 e. The fourth-order valence-electron chi connectivity index (χ4n) is 2.20. The van der Waals surface area contributed by atoms with Crippen molar-refractivity contribution in [3.63, 3.8) is 0 Å². The van der Waals surface area contributed by atoms with Gasteiger partial charge >= 0.3 is 0 Å². The molecule has 3 rings (SSSR count). The number of benzene rings is 1. The second kappa shape index (κ2) is 2.64. The van der Waals surface area contributed by atoms with Gasteiger partial charge < -0.3 is 15.4 Å². The van der Waals surface area contributed by atoms with Crippen LogP contribution in [0, 0.1) is 5.41 Å². The summed E-state index contributed by atoms with van der Waals surface area (Å²) in [7, 11) is 0. The van der Waals surface area contributed by atoms with E-state index in [-0.39, 0.29) is 0 Å². The Hall–Kier alpha value is -1.22. The maximum Gasteiger partial charge on any atom is 0.0579 e. The lowest BCUT2D eigenvalue weighted by atomic mass is 9.78. The van der Waals surface area contributed by atoms with Crippen molar-refractivity contribution in [1.29, 1.82) is 0 Å². The van der Waals surface area contributed by atoms with E-state index in [1.807, 2.05) is 12.1 Å². The van der Waals surface area contributed by atoms with Crippen molar-refractivity contribution in [2.24, 2.45) is 5.41 Å². The number of hydrogen-bond acceptors (Lipinski definition) is 3. The zero-order valence-electron chi connectivity index (χ0n) is 8.07. The Morgan fingerprint density at radius 1 is 1.14 bits per heavy atom. The van der Waals surface area contributed by atoms with Crippen LogP contribution < -0.4 is 10.6 Å². The highest BCUT2D eigenvalue weighted by Gasteiger charge is 2.48. The van der Waals surface area contributed by atoms with Gasteiger partial charge in [-0.25, -0.2) is 0 Å². The van der Waals surface area contributed by atoms with Gasteiger partial charge in [-0.1, -0.05) is 0 Å². The first-order valence-electron chi connectivity index (χ1n) is 4.96. The van der Waals surface area contributed by atoms with E-state index >= 15 is 0 Å². The molecule has 2 aliphatic rings. The molecule has 2 saturated heterocycles. The summed E-state index contributed by atoms with van der Waals surface area (Å²) in [6, 6.07) is 8.08. The minimum atomic E-state index is 0.487. The van der Waals surface area contributed by atoms with Crippen LogP contribution in [0.3, 0.4) is 0 Å². The minimum absolute atomic E-state index is 0.487. The molecule has 0 aromatic heterocycles. The molecular formula is C11H14N2O. The Morgan fingerprint density at radius 2 is 1.79 bits per heavy atom. The van der Waals surface area contributed by atoms with Crippen molar-refractivity contribution in [3.8, 4) is 0 Å². The first-order valence-corrected chi connectivity index (χ1v) is 4.96. The molecule has 3 heteroatoms.